The van der Waals surface area contributed by atoms with Crippen molar-refractivity contribution in [3.05, 3.63) is 14.5 Å². The van der Waals surface area contributed by atoms with Gasteiger partial charge < -0.3 is 22.1 Å². The Bertz CT molecular complexity index is 198. The van der Waals surface area contributed by atoms with E-state index in [4.69, 9.17) is 0 Å². The van der Waals surface area contributed by atoms with E-state index in [1.165, 1.54) is 65.2 Å². The van der Waals surface area contributed by atoms with Crippen LogP contribution < -0.4 is 51.4 Å². The van der Waals surface area contributed by atoms with E-state index in [2.05, 4.69) is 28.7 Å². The molecule has 0 aromatic carbocycles. The van der Waals surface area contributed by atoms with E-state index in [1.54, 1.807) is 0 Å². The molecule has 116 valence electrons. The summed E-state index contributed by atoms with van der Waals surface area (Å²) in [6.45, 7) is 16.3. The molecule has 2 aliphatic rings. The molecule has 0 saturated carbocycles. The largest absolute Gasteiger partial charge is 1.00 e. The van der Waals surface area contributed by atoms with Crippen LogP contribution in [0.5, 0.6) is 0 Å². The average Bonchev–Trinajstić information content (AvgIpc) is 2.44. The molecule has 2 saturated heterocycles. The smallest absolute Gasteiger partial charge is 0.459 e. The fourth-order valence-corrected chi connectivity index (χ4v) is 2.82. The zero-order valence-electron chi connectivity index (χ0n) is 14.7. The average molecular weight is 309 g/mol. The molecule has 2 heterocycles. The Kier molecular flexibility index (Phi) is 16.8. The second-order valence-electron chi connectivity index (χ2n) is 5.30. The summed E-state index contributed by atoms with van der Waals surface area (Å²) >= 11 is 0. The van der Waals surface area contributed by atoms with Gasteiger partial charge in [0.25, 0.3) is 0 Å². The maximum Gasteiger partial charge on any atom is 1.00 e. The number of rotatable bonds is 3. The van der Waals surface area contributed by atoms with Crippen molar-refractivity contribution in [3.8, 4) is 0 Å². The van der Waals surface area contributed by atoms with Crippen LogP contribution in [0.1, 0.15) is 33.6 Å². The van der Waals surface area contributed by atoms with Crippen molar-refractivity contribution in [2.45, 2.75) is 33.6 Å². The van der Waals surface area contributed by atoms with Crippen LogP contribution in [0, 0.1) is 20.4 Å². The molecule has 0 N–H and O–H groups in total. The Hall–Kier alpha value is 1.52. The van der Waals surface area contributed by atoms with Crippen LogP contribution in [0.15, 0.2) is 0 Å². The van der Waals surface area contributed by atoms with E-state index in [-0.39, 0.29) is 58.8 Å². The zero-order chi connectivity index (χ0) is 13.4. The van der Waals surface area contributed by atoms with Crippen molar-refractivity contribution in [2.75, 3.05) is 52.4 Å². The summed E-state index contributed by atoms with van der Waals surface area (Å²) in [5.41, 5.74) is 0. The Morgan fingerprint density at radius 3 is 1.80 bits per heavy atom. The number of hydrogen-bond donors (Lipinski definition) is 0. The molecule has 0 radical (unpaired) electrons. The predicted molar refractivity (Wildman–Crippen MR) is 86.0 cm³/mol. The van der Waals surface area contributed by atoms with Gasteiger partial charge in [0.15, 0.2) is 0 Å². The Morgan fingerprint density at radius 2 is 1.35 bits per heavy atom. The van der Waals surface area contributed by atoms with Crippen molar-refractivity contribution >= 4 is 0 Å². The van der Waals surface area contributed by atoms with Gasteiger partial charge in [-0.15, -0.1) is 0 Å². The monoisotopic (exact) mass is 308 g/mol. The van der Waals surface area contributed by atoms with Crippen molar-refractivity contribution < 1.29 is 51.4 Å². The van der Waals surface area contributed by atoms with Gasteiger partial charge in [-0.1, -0.05) is 20.8 Å². The van der Waals surface area contributed by atoms with Gasteiger partial charge in [-0.3, -0.25) is 7.05 Å². The number of nitrogens with zero attached hydrogens (tertiary/aromatic N) is 3. The molecule has 0 aromatic heterocycles. The minimum absolute atomic E-state index is 0. The van der Waals surface area contributed by atoms with Gasteiger partial charge in [-0.25, -0.2) is 0 Å². The third kappa shape index (κ3) is 8.84. The van der Waals surface area contributed by atoms with E-state index < -0.39 is 0 Å². The summed E-state index contributed by atoms with van der Waals surface area (Å²) in [6.07, 6.45) is 2.69. The number of likely N-dealkylation sites (N-methyl/N-ethyl adjacent to an activating group) is 1. The molecule has 3 nitrogen and oxygen atoms in total. The SMILES string of the molecule is CC.[CH2-]N1CCC(CN2CCN(CC)CC2)CC1.[CH3-].[K+]. The molecule has 0 aliphatic carbocycles. The van der Waals surface area contributed by atoms with Gasteiger partial charge in [0.05, 0.1) is 0 Å². The summed E-state index contributed by atoms with van der Waals surface area (Å²) in [7, 11) is 4.01. The molecular formula is C16H35KN3-. The standard InChI is InChI=1S/C13H26N3.C2H6.CH3.K/c1-3-15-8-10-16(11-9-15)12-13-4-6-14(2)7-5-13;1-2;;/h13H,2-12H2,1H3;1-2H3;1H3;/q-1;;-1;+1. The molecule has 4 heteroatoms. The Labute approximate surface area is 170 Å². The number of piperidine rings is 1. The number of piperazine rings is 1. The molecule has 0 spiro atoms. The van der Waals surface area contributed by atoms with Crippen molar-refractivity contribution in [1.29, 1.82) is 0 Å². The third-order valence-corrected chi connectivity index (χ3v) is 4.14. The Morgan fingerprint density at radius 1 is 0.900 bits per heavy atom. The quantitative estimate of drug-likeness (QED) is 0.519. The van der Waals surface area contributed by atoms with E-state index in [0.717, 1.165) is 5.92 Å². The molecule has 0 unspecified atom stereocenters. The molecule has 0 amide bonds. The predicted octanol–water partition coefficient (Wildman–Crippen LogP) is -0.392. The summed E-state index contributed by atoms with van der Waals surface area (Å²) in [6, 6.07) is 0. The minimum Gasteiger partial charge on any atom is -0.459 e. The summed E-state index contributed by atoms with van der Waals surface area (Å²) in [4.78, 5) is 7.43. The first kappa shape index (κ1) is 23.8. The first-order valence-electron chi connectivity index (χ1n) is 7.78. The van der Waals surface area contributed by atoms with Crippen LogP contribution in [-0.2, 0) is 0 Å². The van der Waals surface area contributed by atoms with Crippen LogP contribution in [0.3, 0.4) is 0 Å². The second kappa shape index (κ2) is 14.1. The summed E-state index contributed by atoms with van der Waals surface area (Å²) < 4.78 is 0. The van der Waals surface area contributed by atoms with Crippen LogP contribution >= 0.6 is 0 Å². The van der Waals surface area contributed by atoms with E-state index >= 15 is 0 Å². The first-order valence-corrected chi connectivity index (χ1v) is 7.78. The van der Waals surface area contributed by atoms with Gasteiger partial charge in [-0.05, 0) is 38.4 Å². The van der Waals surface area contributed by atoms with Crippen molar-refractivity contribution in [3.63, 3.8) is 0 Å². The first-order chi connectivity index (χ1) is 8.78. The maximum absolute atomic E-state index is 4.01. The molecule has 2 rings (SSSR count). The van der Waals surface area contributed by atoms with Crippen LogP contribution in [0.2, 0.25) is 0 Å². The summed E-state index contributed by atoms with van der Waals surface area (Å²) in [5, 5.41) is 0. The van der Waals surface area contributed by atoms with Crippen LogP contribution in [-0.4, -0.2) is 67.1 Å². The fourth-order valence-electron chi connectivity index (χ4n) is 2.82. The fraction of sp³-hybridized carbons (Fsp3) is 0.875. The zero-order valence-corrected chi connectivity index (χ0v) is 17.8. The van der Waals surface area contributed by atoms with Gasteiger partial charge in [0.2, 0.25) is 0 Å². The topological polar surface area (TPSA) is 9.72 Å². The van der Waals surface area contributed by atoms with E-state index in [1.807, 2.05) is 13.8 Å². The van der Waals surface area contributed by atoms with E-state index in [0.29, 0.717) is 0 Å². The van der Waals surface area contributed by atoms with Crippen molar-refractivity contribution in [1.82, 2.24) is 14.7 Å². The van der Waals surface area contributed by atoms with Crippen molar-refractivity contribution in [2.24, 2.45) is 5.92 Å². The molecule has 0 aromatic rings. The van der Waals surface area contributed by atoms with Crippen LogP contribution in [0.4, 0.5) is 0 Å². The molecule has 2 fully saturated rings. The molecule has 20 heavy (non-hydrogen) atoms. The normalized spacial score (nSPS) is 22.2. The number of likely N-dealkylation sites (tertiary alicyclic amines) is 1. The molecule has 0 bridgehead atoms. The van der Waals surface area contributed by atoms with E-state index in [9.17, 15) is 0 Å². The van der Waals surface area contributed by atoms with Gasteiger partial charge in [-0.2, -0.15) is 0 Å². The Balaban J connectivity index is 0. The summed E-state index contributed by atoms with van der Waals surface area (Å²) in [5.74, 6) is 0.922. The molecule has 0 atom stereocenters. The van der Waals surface area contributed by atoms with Crippen LogP contribution in [0.25, 0.3) is 0 Å². The number of hydrogen-bond acceptors (Lipinski definition) is 3. The van der Waals surface area contributed by atoms with Gasteiger partial charge >= 0.3 is 51.4 Å². The third-order valence-electron chi connectivity index (χ3n) is 4.14. The molecule has 2 aliphatic heterocycles. The second-order valence-corrected chi connectivity index (χ2v) is 5.30. The molecular weight excluding hydrogens is 273 g/mol. The maximum atomic E-state index is 4.01. The van der Waals surface area contributed by atoms with Gasteiger partial charge in [0, 0.05) is 32.7 Å². The van der Waals surface area contributed by atoms with Gasteiger partial charge in [0.1, 0.15) is 0 Å². The minimum atomic E-state index is 0.